The first kappa shape index (κ1) is 16.2. The molecular formula is C19H14FN3O3. The van der Waals surface area contributed by atoms with Crippen molar-refractivity contribution in [1.82, 2.24) is 4.98 Å². The number of hydrogen-bond acceptors (Lipinski definition) is 5. The fraction of sp³-hybridized carbons (Fsp3) is 0.211. The highest BCUT2D eigenvalue weighted by Crippen LogP contribution is 2.45. The largest absolute Gasteiger partial charge is 0.868 e. The zero-order valence-electron chi connectivity index (χ0n) is 14.2. The summed E-state index contributed by atoms with van der Waals surface area (Å²) in [6, 6.07) is 6.16. The van der Waals surface area contributed by atoms with Crippen LogP contribution in [0.25, 0.3) is 16.6 Å². The number of quaternary nitrogens is 1. The molecule has 2 aliphatic rings. The maximum absolute atomic E-state index is 13.7. The topological polar surface area (TPSA) is 86.0 Å². The van der Waals surface area contributed by atoms with E-state index in [2.05, 4.69) is 11.1 Å². The van der Waals surface area contributed by atoms with Crippen LogP contribution >= 0.6 is 0 Å². The summed E-state index contributed by atoms with van der Waals surface area (Å²) in [6.45, 7) is 0.444. The quantitative estimate of drug-likeness (QED) is 0.572. The van der Waals surface area contributed by atoms with Gasteiger partial charge in [-0.05, 0) is 24.0 Å². The summed E-state index contributed by atoms with van der Waals surface area (Å²) >= 11 is 0. The predicted octanol–water partition coefficient (Wildman–Crippen LogP) is 1.35. The molecule has 1 unspecified atom stereocenters. The number of carbonyl (C=O) groups is 1. The standard InChI is InChI=1S/C19H14FN3O3/c1-23-6-5-14-17(18(23)16(24)8-15(23)19(25)26-2)12(9-21)11-7-10(20)3-4-13(11)22-14/h3-4,7-8H,5-6H2,1-2H3. The van der Waals surface area contributed by atoms with E-state index in [9.17, 15) is 19.6 Å². The number of nitriles is 1. The number of pyridine rings is 1. The molecular weight excluding hydrogens is 337 g/mol. The number of nitrogens with zero attached hydrogens (tertiary/aromatic N) is 3. The maximum atomic E-state index is 13.7. The van der Waals surface area contributed by atoms with Crippen LogP contribution in [0.4, 0.5) is 4.39 Å². The average Bonchev–Trinajstić information content (AvgIpc) is 2.90. The molecule has 1 atom stereocenters. The molecule has 0 fully saturated rings. The number of methoxy groups -OCH3 is 1. The van der Waals surface area contributed by atoms with Gasteiger partial charge in [0.2, 0.25) is 5.70 Å². The molecule has 0 radical (unpaired) electrons. The Balaban J connectivity index is 2.04. The molecule has 1 aromatic heterocycles. The Labute approximate surface area is 148 Å². The molecule has 6 nitrogen and oxygen atoms in total. The van der Waals surface area contributed by atoms with Crippen molar-refractivity contribution in [1.29, 1.82) is 5.26 Å². The summed E-state index contributed by atoms with van der Waals surface area (Å²) in [5.74, 6) is -1.43. The Morgan fingerprint density at radius 3 is 2.92 bits per heavy atom. The molecule has 26 heavy (non-hydrogen) atoms. The minimum absolute atomic E-state index is 0.0459. The highest BCUT2D eigenvalue weighted by atomic mass is 19.1. The summed E-state index contributed by atoms with van der Waals surface area (Å²) in [6.07, 6.45) is 1.73. The van der Waals surface area contributed by atoms with Crippen LogP contribution in [0.15, 0.2) is 35.7 Å². The van der Waals surface area contributed by atoms with Gasteiger partial charge in [-0.15, -0.1) is 0 Å². The lowest BCUT2D eigenvalue weighted by Gasteiger charge is -2.38. The first-order valence-corrected chi connectivity index (χ1v) is 8.01. The number of fused-ring (bicyclic) bond motifs is 4. The number of aromatic nitrogens is 1. The number of benzene rings is 1. The molecule has 130 valence electrons. The molecule has 0 spiro atoms. The van der Waals surface area contributed by atoms with Crippen molar-refractivity contribution in [3.63, 3.8) is 0 Å². The Kier molecular flexibility index (Phi) is 3.36. The van der Waals surface area contributed by atoms with E-state index < -0.39 is 11.8 Å². The van der Waals surface area contributed by atoms with E-state index in [0.717, 1.165) is 0 Å². The summed E-state index contributed by atoms with van der Waals surface area (Å²) in [7, 11) is 3.00. The third-order valence-electron chi connectivity index (χ3n) is 5.09. The van der Waals surface area contributed by atoms with Crippen molar-refractivity contribution in [2.75, 3.05) is 20.7 Å². The fourth-order valence-electron chi connectivity index (χ4n) is 3.83. The van der Waals surface area contributed by atoms with Gasteiger partial charge in [0.25, 0.3) is 0 Å². The van der Waals surface area contributed by atoms with Crippen molar-refractivity contribution in [3.05, 3.63) is 58.4 Å². The number of rotatable bonds is 1. The molecule has 0 N–H and O–H groups in total. The van der Waals surface area contributed by atoms with Gasteiger partial charge in [-0.2, -0.15) is 5.26 Å². The van der Waals surface area contributed by atoms with Crippen LogP contribution in [-0.4, -0.2) is 36.1 Å². The van der Waals surface area contributed by atoms with Gasteiger partial charge >= 0.3 is 5.97 Å². The Morgan fingerprint density at radius 1 is 1.46 bits per heavy atom. The Bertz CT molecular complexity index is 1100. The number of esters is 1. The van der Waals surface area contributed by atoms with E-state index in [-0.39, 0.29) is 21.5 Å². The molecule has 1 aromatic carbocycles. The minimum Gasteiger partial charge on any atom is -0.868 e. The van der Waals surface area contributed by atoms with E-state index in [1.165, 1.54) is 31.4 Å². The predicted molar refractivity (Wildman–Crippen MR) is 88.2 cm³/mol. The number of likely N-dealkylation sites (N-methyl/N-ethyl adjacent to an activating group) is 1. The van der Waals surface area contributed by atoms with Gasteiger partial charge in [-0.1, -0.05) is 0 Å². The molecule has 0 amide bonds. The lowest BCUT2D eigenvalue weighted by molar-refractivity contribution is -0.795. The zero-order chi connectivity index (χ0) is 18.6. The molecule has 0 bridgehead atoms. The first-order chi connectivity index (χ1) is 12.4. The number of ether oxygens (including phenoxy) is 1. The summed E-state index contributed by atoms with van der Waals surface area (Å²) in [5.41, 5.74) is 2.25. The van der Waals surface area contributed by atoms with E-state index in [1.807, 2.05) is 0 Å². The van der Waals surface area contributed by atoms with Gasteiger partial charge in [0.05, 0.1) is 43.0 Å². The fourth-order valence-corrected chi connectivity index (χ4v) is 3.83. The third-order valence-corrected chi connectivity index (χ3v) is 5.09. The summed E-state index contributed by atoms with van der Waals surface area (Å²) in [4.78, 5) is 16.7. The van der Waals surface area contributed by atoms with E-state index in [0.29, 0.717) is 40.8 Å². The monoisotopic (exact) mass is 351 g/mol. The van der Waals surface area contributed by atoms with Gasteiger partial charge in [0.1, 0.15) is 17.6 Å². The Hall–Kier alpha value is -3.24. The van der Waals surface area contributed by atoms with Crippen LogP contribution in [0.3, 0.4) is 0 Å². The van der Waals surface area contributed by atoms with Crippen LogP contribution in [0.2, 0.25) is 0 Å². The van der Waals surface area contributed by atoms with Crippen LogP contribution in [0.5, 0.6) is 0 Å². The molecule has 3 heterocycles. The second-order valence-corrected chi connectivity index (χ2v) is 6.48. The SMILES string of the molecule is COC(=O)C1=CC([O-])=C2c3c(nc4ccc(F)cc4c3C#N)CC[N+]12C. The van der Waals surface area contributed by atoms with Crippen molar-refractivity contribution in [2.24, 2.45) is 0 Å². The van der Waals surface area contributed by atoms with E-state index in [4.69, 9.17) is 4.74 Å². The maximum Gasteiger partial charge on any atom is 0.392 e. The third kappa shape index (κ3) is 1.99. The lowest BCUT2D eigenvalue weighted by Crippen LogP contribution is -2.47. The zero-order valence-corrected chi connectivity index (χ0v) is 14.2. The van der Waals surface area contributed by atoms with Crippen molar-refractivity contribution >= 4 is 22.6 Å². The van der Waals surface area contributed by atoms with Crippen LogP contribution in [0.1, 0.15) is 16.8 Å². The second-order valence-electron chi connectivity index (χ2n) is 6.48. The molecule has 4 rings (SSSR count). The van der Waals surface area contributed by atoms with Crippen molar-refractivity contribution < 1.29 is 23.5 Å². The first-order valence-electron chi connectivity index (χ1n) is 8.01. The molecule has 7 heteroatoms. The molecule has 0 saturated carbocycles. The second kappa shape index (κ2) is 5.38. The molecule has 0 aliphatic carbocycles. The van der Waals surface area contributed by atoms with Gasteiger partial charge in [-0.25, -0.2) is 9.18 Å². The van der Waals surface area contributed by atoms with E-state index in [1.54, 1.807) is 7.05 Å². The smallest absolute Gasteiger partial charge is 0.392 e. The van der Waals surface area contributed by atoms with Crippen LogP contribution < -0.4 is 5.11 Å². The Morgan fingerprint density at radius 2 is 2.23 bits per heavy atom. The highest BCUT2D eigenvalue weighted by molar-refractivity contribution is 5.94. The average molecular weight is 351 g/mol. The lowest BCUT2D eigenvalue weighted by atomic mass is 9.92. The molecule has 2 aliphatic heterocycles. The van der Waals surface area contributed by atoms with Crippen molar-refractivity contribution in [2.45, 2.75) is 6.42 Å². The van der Waals surface area contributed by atoms with Crippen LogP contribution in [-0.2, 0) is 16.0 Å². The highest BCUT2D eigenvalue weighted by Gasteiger charge is 2.47. The van der Waals surface area contributed by atoms with Gasteiger partial charge in [-0.3, -0.25) is 9.47 Å². The van der Waals surface area contributed by atoms with Crippen LogP contribution in [0, 0.1) is 17.1 Å². The number of halogens is 1. The van der Waals surface area contributed by atoms with E-state index >= 15 is 0 Å². The van der Waals surface area contributed by atoms with Gasteiger partial charge < -0.3 is 9.84 Å². The summed E-state index contributed by atoms with van der Waals surface area (Å²) < 4.78 is 18.5. The van der Waals surface area contributed by atoms with Gasteiger partial charge in [0.15, 0.2) is 0 Å². The molecule has 2 aromatic rings. The normalized spacial score (nSPS) is 21.1. The summed E-state index contributed by atoms with van der Waals surface area (Å²) in [5, 5.41) is 22.8. The number of allylic oxidation sites excluding steroid dienone is 1. The minimum atomic E-state index is -0.586. The number of carbonyl (C=O) groups excluding carboxylic acids is 1. The molecule has 0 saturated heterocycles. The van der Waals surface area contributed by atoms with Crippen molar-refractivity contribution in [3.8, 4) is 6.07 Å². The number of hydrogen-bond donors (Lipinski definition) is 0. The van der Waals surface area contributed by atoms with Gasteiger partial charge in [0, 0.05) is 17.9 Å².